The first-order chi connectivity index (χ1) is 15.7. The molecule has 0 aliphatic carbocycles. The smallest absolute Gasteiger partial charge is 0.338 e. The number of hydrogen-bond donors (Lipinski definition) is 1. The Morgan fingerprint density at radius 3 is 2.36 bits per heavy atom. The minimum absolute atomic E-state index is 0.122. The average molecular weight is 444 g/mol. The van der Waals surface area contributed by atoms with Gasteiger partial charge in [0.2, 0.25) is 5.78 Å². The number of esters is 1. The van der Waals surface area contributed by atoms with Gasteiger partial charge in [-0.1, -0.05) is 18.2 Å². The third-order valence-electron chi connectivity index (χ3n) is 5.76. The van der Waals surface area contributed by atoms with Crippen LogP contribution in [0.3, 0.4) is 0 Å². The van der Waals surface area contributed by atoms with Gasteiger partial charge in [0.25, 0.3) is 0 Å². The van der Waals surface area contributed by atoms with Crippen molar-refractivity contribution in [3.63, 3.8) is 0 Å². The molecule has 7 heteroatoms. The molecule has 0 aliphatic rings. The number of nitrogens with zero attached hydrogens (tertiary/aromatic N) is 2. The molecule has 0 saturated heterocycles. The van der Waals surface area contributed by atoms with Crippen molar-refractivity contribution in [3.8, 4) is 5.69 Å². The normalized spacial score (nSPS) is 12.0. The molecule has 0 aliphatic heterocycles. The van der Waals surface area contributed by atoms with E-state index < -0.39 is 12.1 Å². The number of carbonyl (C=O) groups excluding carboxylic acids is 3. The molecule has 0 radical (unpaired) electrons. The van der Waals surface area contributed by atoms with Crippen LogP contribution >= 0.6 is 0 Å². The number of nitrogens with one attached hydrogen (secondary N) is 1. The van der Waals surface area contributed by atoms with Crippen LogP contribution in [-0.2, 0) is 4.74 Å². The number of carbonyl (C=O) groups is 3. The first-order valence-electron chi connectivity index (χ1n) is 10.7. The second kappa shape index (κ2) is 8.50. The standard InChI is InChI=1S/C26H25N3O4/c1-14-23(16(3)30)15(2)27-24(14)25(31)17(4)33-26(32)19-11-12-22-21(13-19)28-18(5)29(22)20-9-7-6-8-10-20/h6-13,17,27H,1-5H3. The predicted octanol–water partition coefficient (Wildman–Crippen LogP) is 4.91. The molecule has 1 atom stereocenters. The maximum absolute atomic E-state index is 12.9. The van der Waals surface area contributed by atoms with Gasteiger partial charge in [0.1, 0.15) is 5.82 Å². The lowest BCUT2D eigenvalue weighted by Gasteiger charge is -2.12. The quantitative estimate of drug-likeness (QED) is 0.338. The monoisotopic (exact) mass is 443 g/mol. The molecule has 0 spiro atoms. The highest BCUT2D eigenvalue weighted by molar-refractivity contribution is 6.05. The van der Waals surface area contributed by atoms with E-state index in [2.05, 4.69) is 9.97 Å². The van der Waals surface area contributed by atoms with Crippen molar-refractivity contribution in [3.05, 3.63) is 82.4 Å². The summed E-state index contributed by atoms with van der Waals surface area (Å²) in [6.45, 7) is 8.33. The number of hydrogen-bond acceptors (Lipinski definition) is 5. The number of aryl methyl sites for hydroxylation is 2. The molecule has 33 heavy (non-hydrogen) atoms. The van der Waals surface area contributed by atoms with E-state index in [1.807, 2.05) is 47.9 Å². The number of imidazole rings is 1. The van der Waals surface area contributed by atoms with Crippen LogP contribution in [0.1, 0.15) is 62.1 Å². The molecule has 1 N–H and O–H groups in total. The fourth-order valence-electron chi connectivity index (χ4n) is 4.24. The number of benzene rings is 2. The van der Waals surface area contributed by atoms with Crippen molar-refractivity contribution in [2.75, 3.05) is 0 Å². The molecule has 2 aromatic heterocycles. The number of fused-ring (bicyclic) bond motifs is 1. The lowest BCUT2D eigenvalue weighted by molar-refractivity contribution is 0.0317. The molecule has 4 aromatic rings. The molecular formula is C26H25N3O4. The van der Waals surface area contributed by atoms with Gasteiger partial charge >= 0.3 is 5.97 Å². The topological polar surface area (TPSA) is 94.0 Å². The molecule has 0 bridgehead atoms. The summed E-state index contributed by atoms with van der Waals surface area (Å²) in [5.74, 6) is -0.327. The lowest BCUT2D eigenvalue weighted by Crippen LogP contribution is -2.25. The zero-order chi connectivity index (χ0) is 23.9. The predicted molar refractivity (Wildman–Crippen MR) is 125 cm³/mol. The number of aromatic amines is 1. The Labute approximate surface area is 191 Å². The number of para-hydroxylation sites is 1. The Balaban J connectivity index is 1.57. The summed E-state index contributed by atoms with van der Waals surface area (Å²) in [4.78, 5) is 45.1. The summed E-state index contributed by atoms with van der Waals surface area (Å²) >= 11 is 0. The minimum atomic E-state index is -1.02. The molecular weight excluding hydrogens is 418 g/mol. The van der Waals surface area contributed by atoms with E-state index >= 15 is 0 Å². The number of ether oxygens (including phenoxy) is 1. The van der Waals surface area contributed by atoms with E-state index in [-0.39, 0.29) is 17.3 Å². The van der Waals surface area contributed by atoms with Gasteiger partial charge < -0.3 is 9.72 Å². The van der Waals surface area contributed by atoms with E-state index in [0.29, 0.717) is 27.9 Å². The molecule has 2 heterocycles. The third-order valence-corrected chi connectivity index (χ3v) is 5.76. The van der Waals surface area contributed by atoms with Crippen LogP contribution in [-0.4, -0.2) is 38.2 Å². The Bertz CT molecular complexity index is 1400. The highest BCUT2D eigenvalue weighted by Gasteiger charge is 2.26. The summed E-state index contributed by atoms with van der Waals surface area (Å²) in [6, 6.07) is 15.0. The summed E-state index contributed by atoms with van der Waals surface area (Å²) < 4.78 is 7.47. The molecule has 7 nitrogen and oxygen atoms in total. The van der Waals surface area contributed by atoms with Gasteiger partial charge in [-0.25, -0.2) is 9.78 Å². The van der Waals surface area contributed by atoms with Crippen molar-refractivity contribution >= 4 is 28.6 Å². The molecule has 4 rings (SSSR count). The number of rotatable bonds is 6. The Hall–Kier alpha value is -4.00. The van der Waals surface area contributed by atoms with Crippen molar-refractivity contribution in [2.45, 2.75) is 40.7 Å². The summed E-state index contributed by atoms with van der Waals surface area (Å²) in [5.41, 5.74) is 4.78. The Kier molecular flexibility index (Phi) is 5.72. The van der Waals surface area contributed by atoms with Crippen molar-refractivity contribution < 1.29 is 19.1 Å². The van der Waals surface area contributed by atoms with Gasteiger partial charge in [-0.05, 0) is 70.5 Å². The highest BCUT2D eigenvalue weighted by atomic mass is 16.5. The first-order valence-corrected chi connectivity index (χ1v) is 10.7. The van der Waals surface area contributed by atoms with Crippen LogP contribution in [0, 0.1) is 20.8 Å². The number of Topliss-reactive ketones (excluding diaryl/α,β-unsaturated/α-hetero) is 2. The van der Waals surface area contributed by atoms with Crippen LogP contribution < -0.4 is 0 Å². The SMILES string of the molecule is CC(=O)c1c(C)[nH]c(C(=O)C(C)OC(=O)c2ccc3c(c2)nc(C)n3-c2ccccc2)c1C. The van der Waals surface area contributed by atoms with Crippen LogP contribution in [0.4, 0.5) is 0 Å². The number of H-pyrrole nitrogens is 1. The van der Waals surface area contributed by atoms with Gasteiger partial charge in [0.15, 0.2) is 11.9 Å². The van der Waals surface area contributed by atoms with Crippen molar-refractivity contribution in [1.82, 2.24) is 14.5 Å². The second-order valence-corrected chi connectivity index (χ2v) is 8.13. The lowest BCUT2D eigenvalue weighted by atomic mass is 10.0. The van der Waals surface area contributed by atoms with Gasteiger partial charge in [-0.2, -0.15) is 0 Å². The van der Waals surface area contributed by atoms with E-state index in [4.69, 9.17) is 4.74 Å². The van der Waals surface area contributed by atoms with Crippen LogP contribution in [0.15, 0.2) is 48.5 Å². The van der Waals surface area contributed by atoms with Gasteiger partial charge in [-0.15, -0.1) is 0 Å². The Morgan fingerprint density at radius 2 is 1.73 bits per heavy atom. The Morgan fingerprint density at radius 1 is 1.03 bits per heavy atom. The highest BCUT2D eigenvalue weighted by Crippen LogP contribution is 2.24. The first kappa shape index (κ1) is 22.2. The second-order valence-electron chi connectivity index (χ2n) is 8.13. The van der Waals surface area contributed by atoms with Gasteiger partial charge in [0.05, 0.1) is 22.3 Å². The van der Waals surface area contributed by atoms with E-state index in [0.717, 1.165) is 17.0 Å². The minimum Gasteiger partial charge on any atom is -0.451 e. The summed E-state index contributed by atoms with van der Waals surface area (Å²) in [6.07, 6.45) is -1.02. The largest absolute Gasteiger partial charge is 0.451 e. The third kappa shape index (κ3) is 3.98. The average Bonchev–Trinajstić information content (AvgIpc) is 3.27. The zero-order valence-electron chi connectivity index (χ0n) is 19.2. The van der Waals surface area contributed by atoms with Crippen molar-refractivity contribution in [2.24, 2.45) is 0 Å². The maximum Gasteiger partial charge on any atom is 0.338 e. The van der Waals surface area contributed by atoms with E-state index in [1.54, 1.807) is 26.0 Å². The van der Waals surface area contributed by atoms with E-state index in [9.17, 15) is 14.4 Å². The van der Waals surface area contributed by atoms with Gasteiger partial charge in [-0.3, -0.25) is 14.2 Å². The fourth-order valence-corrected chi connectivity index (χ4v) is 4.24. The number of aromatic nitrogens is 3. The van der Waals surface area contributed by atoms with Crippen LogP contribution in [0.5, 0.6) is 0 Å². The number of ketones is 2. The summed E-state index contributed by atoms with van der Waals surface area (Å²) in [5, 5.41) is 0. The van der Waals surface area contributed by atoms with Crippen LogP contribution in [0.2, 0.25) is 0 Å². The van der Waals surface area contributed by atoms with Crippen LogP contribution in [0.25, 0.3) is 16.7 Å². The molecule has 0 saturated carbocycles. The van der Waals surface area contributed by atoms with Gasteiger partial charge in [0, 0.05) is 16.9 Å². The fraction of sp³-hybridized carbons (Fsp3) is 0.231. The summed E-state index contributed by atoms with van der Waals surface area (Å²) in [7, 11) is 0. The maximum atomic E-state index is 12.9. The zero-order valence-corrected chi connectivity index (χ0v) is 19.2. The molecule has 168 valence electrons. The molecule has 1 unspecified atom stereocenters. The molecule has 0 amide bonds. The van der Waals surface area contributed by atoms with E-state index in [1.165, 1.54) is 13.8 Å². The van der Waals surface area contributed by atoms with Crippen molar-refractivity contribution in [1.29, 1.82) is 0 Å². The molecule has 2 aromatic carbocycles. The molecule has 0 fully saturated rings.